The van der Waals surface area contributed by atoms with Crippen LogP contribution >= 0.6 is 0 Å². The second-order valence-electron chi connectivity index (χ2n) is 5.04. The van der Waals surface area contributed by atoms with Crippen molar-refractivity contribution in [3.05, 3.63) is 0 Å². The Labute approximate surface area is 98.4 Å². The van der Waals surface area contributed by atoms with E-state index in [1.165, 1.54) is 0 Å². The molecule has 0 aromatic heterocycles. The maximum absolute atomic E-state index is 10.5. The fourth-order valence-corrected chi connectivity index (χ4v) is 2.45. The Balaban J connectivity index is 2.65. The summed E-state index contributed by atoms with van der Waals surface area (Å²) < 4.78 is 5.29. The van der Waals surface area contributed by atoms with Gasteiger partial charge in [-0.15, -0.1) is 0 Å². The van der Waals surface area contributed by atoms with Gasteiger partial charge in [-0.3, -0.25) is 0 Å². The van der Waals surface area contributed by atoms with Gasteiger partial charge in [0.15, 0.2) is 0 Å². The molecule has 0 saturated carbocycles. The van der Waals surface area contributed by atoms with Crippen molar-refractivity contribution >= 4 is 0 Å². The number of unbranched alkanes of at least 4 members (excludes halogenated alkanes) is 2. The van der Waals surface area contributed by atoms with Crippen LogP contribution in [0.25, 0.3) is 0 Å². The fourth-order valence-electron chi connectivity index (χ4n) is 2.45. The van der Waals surface area contributed by atoms with Gasteiger partial charge in [-0.25, -0.2) is 0 Å². The van der Waals surface area contributed by atoms with Crippen LogP contribution in [0.3, 0.4) is 0 Å². The monoisotopic (exact) mass is 225 g/mol. The molecule has 1 heterocycles. The van der Waals surface area contributed by atoms with Crippen molar-refractivity contribution in [3.8, 4) is 6.07 Å². The van der Waals surface area contributed by atoms with Crippen molar-refractivity contribution in [2.75, 3.05) is 13.2 Å². The quantitative estimate of drug-likeness (QED) is 0.732. The van der Waals surface area contributed by atoms with Gasteiger partial charge in [0.05, 0.1) is 17.1 Å². The molecule has 92 valence electrons. The zero-order valence-electron chi connectivity index (χ0n) is 10.5. The lowest BCUT2D eigenvalue weighted by molar-refractivity contribution is -0.0975. The molecule has 0 spiro atoms. The molecule has 0 aromatic rings. The third-order valence-electron chi connectivity index (χ3n) is 3.86. The number of nitrogens with zero attached hydrogens (tertiary/aromatic N) is 1. The molecule has 1 rings (SSSR count). The van der Waals surface area contributed by atoms with Crippen molar-refractivity contribution in [3.63, 3.8) is 0 Å². The first kappa shape index (κ1) is 13.5. The first-order valence-electron chi connectivity index (χ1n) is 6.29. The molecular weight excluding hydrogens is 202 g/mol. The molecule has 1 saturated heterocycles. The second kappa shape index (κ2) is 5.65. The van der Waals surface area contributed by atoms with Gasteiger partial charge in [0.1, 0.15) is 0 Å². The van der Waals surface area contributed by atoms with Crippen LogP contribution in [0.15, 0.2) is 0 Å². The number of nitriles is 1. The molecule has 0 amide bonds. The van der Waals surface area contributed by atoms with E-state index < -0.39 is 11.0 Å². The molecule has 1 atom stereocenters. The van der Waals surface area contributed by atoms with Crippen molar-refractivity contribution in [2.45, 2.75) is 58.0 Å². The van der Waals surface area contributed by atoms with Gasteiger partial charge < -0.3 is 9.84 Å². The molecule has 16 heavy (non-hydrogen) atoms. The minimum absolute atomic E-state index is 0.595. The molecular formula is C13H23NO2. The molecule has 1 aliphatic heterocycles. The van der Waals surface area contributed by atoms with Crippen LogP contribution < -0.4 is 0 Å². The van der Waals surface area contributed by atoms with Gasteiger partial charge in [-0.05, 0) is 26.2 Å². The standard InChI is InChI=1S/C13H23NO2/c1-3-4-5-6-12(2,15)13(11-14)7-9-16-10-8-13/h15H,3-10H2,1-2H3. The third-order valence-corrected chi connectivity index (χ3v) is 3.86. The average Bonchev–Trinajstić information content (AvgIpc) is 2.30. The molecule has 0 aliphatic carbocycles. The van der Waals surface area contributed by atoms with E-state index in [2.05, 4.69) is 13.0 Å². The molecule has 1 fully saturated rings. The minimum Gasteiger partial charge on any atom is -0.389 e. The van der Waals surface area contributed by atoms with E-state index in [4.69, 9.17) is 4.74 Å². The molecule has 0 radical (unpaired) electrons. The molecule has 1 aliphatic rings. The molecule has 1 unspecified atom stereocenters. The maximum Gasteiger partial charge on any atom is 0.0901 e. The zero-order valence-corrected chi connectivity index (χ0v) is 10.5. The van der Waals surface area contributed by atoms with Gasteiger partial charge in [-0.2, -0.15) is 5.26 Å². The fraction of sp³-hybridized carbons (Fsp3) is 0.923. The van der Waals surface area contributed by atoms with E-state index in [9.17, 15) is 10.4 Å². The molecule has 0 bridgehead atoms. The summed E-state index contributed by atoms with van der Waals surface area (Å²) in [5, 5.41) is 19.9. The van der Waals surface area contributed by atoms with E-state index in [0.717, 1.165) is 19.3 Å². The lowest BCUT2D eigenvalue weighted by Crippen LogP contribution is -2.48. The van der Waals surface area contributed by atoms with Crippen LogP contribution in [0.4, 0.5) is 0 Å². The Morgan fingerprint density at radius 3 is 2.50 bits per heavy atom. The summed E-state index contributed by atoms with van der Waals surface area (Å²) in [4.78, 5) is 0. The summed E-state index contributed by atoms with van der Waals surface area (Å²) in [6, 6.07) is 2.35. The van der Waals surface area contributed by atoms with Gasteiger partial charge in [0.2, 0.25) is 0 Å². The normalized spacial score (nSPS) is 23.4. The number of ether oxygens (including phenoxy) is 1. The maximum atomic E-state index is 10.5. The summed E-state index contributed by atoms with van der Waals surface area (Å²) in [5.41, 5.74) is -1.47. The van der Waals surface area contributed by atoms with E-state index in [-0.39, 0.29) is 0 Å². The van der Waals surface area contributed by atoms with E-state index in [0.29, 0.717) is 32.5 Å². The van der Waals surface area contributed by atoms with Crippen molar-refractivity contribution < 1.29 is 9.84 Å². The lowest BCUT2D eigenvalue weighted by atomic mass is 9.66. The Kier molecular flexibility index (Phi) is 4.76. The number of aliphatic hydroxyl groups is 1. The van der Waals surface area contributed by atoms with Crippen LogP contribution in [0.5, 0.6) is 0 Å². The highest BCUT2D eigenvalue weighted by Crippen LogP contribution is 2.43. The SMILES string of the molecule is CCCCCC(C)(O)C1(C#N)CCOCC1. The van der Waals surface area contributed by atoms with Crippen molar-refractivity contribution in [1.29, 1.82) is 5.26 Å². The number of rotatable bonds is 5. The topological polar surface area (TPSA) is 53.2 Å². The smallest absolute Gasteiger partial charge is 0.0901 e. The largest absolute Gasteiger partial charge is 0.389 e. The number of hydrogen-bond donors (Lipinski definition) is 1. The average molecular weight is 225 g/mol. The second-order valence-corrected chi connectivity index (χ2v) is 5.04. The highest BCUT2D eigenvalue weighted by molar-refractivity contribution is 5.10. The third kappa shape index (κ3) is 2.75. The Hall–Kier alpha value is -0.590. The van der Waals surface area contributed by atoms with Gasteiger partial charge in [-0.1, -0.05) is 26.2 Å². The molecule has 0 aromatic carbocycles. The van der Waals surface area contributed by atoms with Crippen LogP contribution in [-0.4, -0.2) is 23.9 Å². The first-order chi connectivity index (χ1) is 7.58. The van der Waals surface area contributed by atoms with E-state index in [1.54, 1.807) is 0 Å². The lowest BCUT2D eigenvalue weighted by Gasteiger charge is -2.42. The summed E-state index contributed by atoms with van der Waals surface area (Å²) >= 11 is 0. The minimum atomic E-state index is -0.874. The summed E-state index contributed by atoms with van der Waals surface area (Å²) in [6.45, 7) is 5.15. The predicted octanol–water partition coefficient (Wildman–Crippen LogP) is 2.64. The van der Waals surface area contributed by atoms with Crippen molar-refractivity contribution in [1.82, 2.24) is 0 Å². The molecule has 3 nitrogen and oxygen atoms in total. The summed E-state index contributed by atoms with van der Waals surface area (Å²) in [6.07, 6.45) is 5.28. The Morgan fingerprint density at radius 1 is 1.38 bits per heavy atom. The Morgan fingerprint density at radius 2 is 2.00 bits per heavy atom. The Bertz CT molecular complexity index is 249. The van der Waals surface area contributed by atoms with Gasteiger partial charge >= 0.3 is 0 Å². The van der Waals surface area contributed by atoms with Crippen molar-refractivity contribution in [2.24, 2.45) is 5.41 Å². The van der Waals surface area contributed by atoms with Crippen LogP contribution in [0.2, 0.25) is 0 Å². The van der Waals surface area contributed by atoms with E-state index in [1.807, 2.05) is 6.92 Å². The molecule has 1 N–H and O–H groups in total. The van der Waals surface area contributed by atoms with Crippen LogP contribution in [0.1, 0.15) is 52.4 Å². The summed E-state index contributed by atoms with van der Waals surface area (Å²) in [5.74, 6) is 0. The zero-order chi connectivity index (χ0) is 12.1. The van der Waals surface area contributed by atoms with Gasteiger partial charge in [0, 0.05) is 13.2 Å². The van der Waals surface area contributed by atoms with Crippen LogP contribution in [0, 0.1) is 16.7 Å². The highest BCUT2D eigenvalue weighted by Gasteiger charge is 2.47. The van der Waals surface area contributed by atoms with Gasteiger partial charge in [0.25, 0.3) is 0 Å². The molecule has 3 heteroatoms. The van der Waals surface area contributed by atoms with Crippen LogP contribution in [-0.2, 0) is 4.74 Å². The summed E-state index contributed by atoms with van der Waals surface area (Å²) in [7, 11) is 0. The highest BCUT2D eigenvalue weighted by atomic mass is 16.5. The predicted molar refractivity (Wildman–Crippen MR) is 62.9 cm³/mol. The number of hydrogen-bond acceptors (Lipinski definition) is 3. The van der Waals surface area contributed by atoms with E-state index >= 15 is 0 Å². The first-order valence-corrected chi connectivity index (χ1v) is 6.29.